The Morgan fingerprint density at radius 1 is 0.900 bits per heavy atom. The monoisotopic (exact) mass is 270 g/mol. The number of carbonyl (C=O) groups is 1. The first-order chi connectivity index (χ1) is 9.66. The number of carbonyl (C=O) groups excluding carboxylic acids is 1. The van der Waals surface area contributed by atoms with E-state index in [1.54, 1.807) is 24.3 Å². The number of hydrogen-bond acceptors (Lipinski definition) is 3. The van der Waals surface area contributed by atoms with E-state index in [9.17, 15) is 13.6 Å². The molecule has 20 heavy (non-hydrogen) atoms. The summed E-state index contributed by atoms with van der Waals surface area (Å²) in [4.78, 5) is 20.3. The zero-order chi connectivity index (χ0) is 14.1. The van der Waals surface area contributed by atoms with Gasteiger partial charge in [-0.2, -0.15) is 0 Å². The standard InChI is InChI=1S/C15H8F2N2O/c16-9-4-3-5-10(17)14(9)15(20)13-8-18-11-6-1-2-7-12(11)19-13/h1-8H. The van der Waals surface area contributed by atoms with E-state index in [1.165, 1.54) is 12.3 Å². The van der Waals surface area contributed by atoms with Crippen LogP contribution in [0.2, 0.25) is 0 Å². The molecule has 0 spiro atoms. The molecule has 1 aromatic heterocycles. The van der Waals surface area contributed by atoms with Gasteiger partial charge in [-0.25, -0.2) is 13.8 Å². The van der Waals surface area contributed by atoms with Crippen LogP contribution in [-0.4, -0.2) is 15.8 Å². The van der Waals surface area contributed by atoms with E-state index in [1.807, 2.05) is 0 Å². The van der Waals surface area contributed by atoms with Gasteiger partial charge in [0.25, 0.3) is 0 Å². The average Bonchev–Trinajstić information content (AvgIpc) is 2.46. The molecule has 3 nitrogen and oxygen atoms in total. The molecule has 0 unspecified atom stereocenters. The first-order valence-electron chi connectivity index (χ1n) is 5.87. The second-order valence-corrected chi connectivity index (χ2v) is 4.17. The van der Waals surface area contributed by atoms with Crippen LogP contribution in [0, 0.1) is 11.6 Å². The highest BCUT2D eigenvalue weighted by Crippen LogP contribution is 2.17. The second-order valence-electron chi connectivity index (χ2n) is 4.17. The fourth-order valence-corrected chi connectivity index (χ4v) is 1.91. The van der Waals surface area contributed by atoms with Crippen molar-refractivity contribution in [2.24, 2.45) is 0 Å². The lowest BCUT2D eigenvalue weighted by atomic mass is 10.1. The summed E-state index contributed by atoms with van der Waals surface area (Å²) in [5.74, 6) is -2.64. The Morgan fingerprint density at radius 3 is 2.25 bits per heavy atom. The number of benzene rings is 2. The van der Waals surface area contributed by atoms with Crippen molar-refractivity contribution in [2.75, 3.05) is 0 Å². The SMILES string of the molecule is O=C(c1cnc2ccccc2n1)c1c(F)cccc1F. The number of para-hydroxylation sites is 2. The molecule has 0 amide bonds. The number of fused-ring (bicyclic) bond motifs is 1. The molecule has 5 heteroatoms. The van der Waals surface area contributed by atoms with Gasteiger partial charge in [0.2, 0.25) is 5.78 Å². The number of aromatic nitrogens is 2. The van der Waals surface area contributed by atoms with E-state index in [-0.39, 0.29) is 5.69 Å². The van der Waals surface area contributed by atoms with E-state index >= 15 is 0 Å². The molecule has 0 aliphatic rings. The maximum absolute atomic E-state index is 13.6. The molecule has 3 rings (SSSR count). The Kier molecular flexibility index (Phi) is 2.95. The molecular weight excluding hydrogens is 262 g/mol. The lowest BCUT2D eigenvalue weighted by Gasteiger charge is -2.04. The summed E-state index contributed by atoms with van der Waals surface area (Å²) in [6, 6.07) is 10.2. The van der Waals surface area contributed by atoms with E-state index in [0.29, 0.717) is 11.0 Å². The topological polar surface area (TPSA) is 42.9 Å². The number of nitrogens with zero attached hydrogens (tertiary/aromatic N) is 2. The molecule has 0 aliphatic carbocycles. The van der Waals surface area contributed by atoms with Gasteiger partial charge in [-0.05, 0) is 24.3 Å². The summed E-state index contributed by atoms with van der Waals surface area (Å²) in [5.41, 5.74) is 0.401. The van der Waals surface area contributed by atoms with Crippen LogP contribution in [0.5, 0.6) is 0 Å². The maximum Gasteiger partial charge on any atom is 0.218 e. The summed E-state index contributed by atoms with van der Waals surface area (Å²) in [6.07, 6.45) is 1.22. The Morgan fingerprint density at radius 2 is 1.55 bits per heavy atom. The minimum absolute atomic E-state index is 0.0901. The van der Waals surface area contributed by atoms with Gasteiger partial charge in [-0.1, -0.05) is 18.2 Å². The van der Waals surface area contributed by atoms with Crippen LogP contribution >= 0.6 is 0 Å². The summed E-state index contributed by atoms with van der Waals surface area (Å²) in [5, 5.41) is 0. The summed E-state index contributed by atoms with van der Waals surface area (Å²) in [6.45, 7) is 0. The van der Waals surface area contributed by atoms with Gasteiger partial charge in [-0.15, -0.1) is 0 Å². The molecule has 2 aromatic carbocycles. The molecule has 0 fully saturated rings. The Bertz CT molecular complexity index is 798. The van der Waals surface area contributed by atoms with E-state index in [4.69, 9.17) is 0 Å². The molecule has 0 atom stereocenters. The summed E-state index contributed by atoms with van der Waals surface area (Å²) < 4.78 is 27.2. The average molecular weight is 270 g/mol. The number of hydrogen-bond donors (Lipinski definition) is 0. The lowest BCUT2D eigenvalue weighted by Crippen LogP contribution is -2.10. The zero-order valence-corrected chi connectivity index (χ0v) is 10.2. The highest BCUT2D eigenvalue weighted by Gasteiger charge is 2.20. The molecule has 0 radical (unpaired) electrons. The van der Waals surface area contributed by atoms with Gasteiger partial charge in [0, 0.05) is 0 Å². The molecule has 0 N–H and O–H groups in total. The normalized spacial score (nSPS) is 10.7. The first kappa shape index (κ1) is 12.3. The van der Waals surface area contributed by atoms with Gasteiger partial charge < -0.3 is 0 Å². The number of halogens is 2. The highest BCUT2D eigenvalue weighted by molar-refractivity contribution is 6.08. The first-order valence-corrected chi connectivity index (χ1v) is 5.87. The van der Waals surface area contributed by atoms with Crippen LogP contribution in [-0.2, 0) is 0 Å². The molecule has 3 aromatic rings. The largest absolute Gasteiger partial charge is 0.287 e. The van der Waals surface area contributed by atoms with Crippen molar-refractivity contribution in [1.82, 2.24) is 9.97 Å². The van der Waals surface area contributed by atoms with Crippen LogP contribution in [0.4, 0.5) is 8.78 Å². The minimum Gasteiger partial charge on any atom is -0.287 e. The van der Waals surface area contributed by atoms with Crippen LogP contribution in [0.25, 0.3) is 11.0 Å². The van der Waals surface area contributed by atoms with Gasteiger partial charge in [0.05, 0.1) is 22.8 Å². The van der Waals surface area contributed by atoms with Crippen molar-refractivity contribution >= 4 is 16.8 Å². The van der Waals surface area contributed by atoms with Crippen LogP contribution in [0.15, 0.2) is 48.7 Å². The van der Waals surface area contributed by atoms with Crippen molar-refractivity contribution < 1.29 is 13.6 Å². The Balaban J connectivity index is 2.13. The van der Waals surface area contributed by atoms with Crippen molar-refractivity contribution in [2.45, 2.75) is 0 Å². The van der Waals surface area contributed by atoms with Crippen molar-refractivity contribution in [3.63, 3.8) is 0 Å². The van der Waals surface area contributed by atoms with E-state index in [0.717, 1.165) is 12.1 Å². The van der Waals surface area contributed by atoms with Gasteiger partial charge in [0.15, 0.2) is 0 Å². The van der Waals surface area contributed by atoms with Crippen LogP contribution in [0.1, 0.15) is 16.1 Å². The smallest absolute Gasteiger partial charge is 0.218 e. The number of rotatable bonds is 2. The van der Waals surface area contributed by atoms with Crippen LogP contribution in [0.3, 0.4) is 0 Å². The minimum atomic E-state index is -0.912. The van der Waals surface area contributed by atoms with Crippen molar-refractivity contribution in [1.29, 1.82) is 0 Å². The Labute approximate surface area is 112 Å². The van der Waals surface area contributed by atoms with E-state index in [2.05, 4.69) is 9.97 Å². The third-order valence-electron chi connectivity index (χ3n) is 2.87. The fourth-order valence-electron chi connectivity index (χ4n) is 1.91. The molecular formula is C15H8F2N2O. The van der Waals surface area contributed by atoms with Gasteiger partial charge in [-0.3, -0.25) is 9.78 Å². The third-order valence-corrected chi connectivity index (χ3v) is 2.87. The molecule has 0 saturated heterocycles. The highest BCUT2D eigenvalue weighted by atomic mass is 19.1. The molecule has 98 valence electrons. The van der Waals surface area contributed by atoms with E-state index < -0.39 is 23.0 Å². The molecule has 1 heterocycles. The predicted octanol–water partition coefficient (Wildman–Crippen LogP) is 3.14. The van der Waals surface area contributed by atoms with Gasteiger partial charge >= 0.3 is 0 Å². The fraction of sp³-hybridized carbons (Fsp3) is 0. The third kappa shape index (κ3) is 2.03. The molecule has 0 bridgehead atoms. The van der Waals surface area contributed by atoms with Gasteiger partial charge in [0.1, 0.15) is 17.3 Å². The van der Waals surface area contributed by atoms with Crippen molar-refractivity contribution in [3.05, 3.63) is 71.6 Å². The maximum atomic E-state index is 13.6. The molecule has 0 aliphatic heterocycles. The van der Waals surface area contributed by atoms with Crippen molar-refractivity contribution in [3.8, 4) is 0 Å². The summed E-state index contributed by atoms with van der Waals surface area (Å²) >= 11 is 0. The van der Waals surface area contributed by atoms with Crippen LogP contribution < -0.4 is 0 Å². The molecule has 0 saturated carbocycles. The summed E-state index contributed by atoms with van der Waals surface area (Å²) in [7, 11) is 0. The second kappa shape index (κ2) is 4.77. The lowest BCUT2D eigenvalue weighted by molar-refractivity contribution is 0.102. The predicted molar refractivity (Wildman–Crippen MR) is 69.3 cm³/mol. The Hall–Kier alpha value is -2.69. The zero-order valence-electron chi connectivity index (χ0n) is 10.2. The number of ketones is 1. The quantitative estimate of drug-likeness (QED) is 0.672.